The lowest BCUT2D eigenvalue weighted by molar-refractivity contribution is -0.121. The molecule has 0 bridgehead atoms. The molecule has 0 fully saturated rings. The molecule has 0 aromatic heterocycles. The summed E-state index contributed by atoms with van der Waals surface area (Å²) in [6.45, 7) is 5.36. The molecule has 4 nitrogen and oxygen atoms in total. The number of carbonyl (C=O) groups excluding carboxylic acids is 1. The topological polar surface area (TPSA) is 50.4 Å². The number of amides is 1. The molecule has 0 heterocycles. The van der Waals surface area contributed by atoms with Gasteiger partial charge in [-0.1, -0.05) is 18.2 Å². The van der Waals surface area contributed by atoms with Crippen molar-refractivity contribution in [1.82, 2.24) is 10.6 Å². The summed E-state index contributed by atoms with van der Waals surface area (Å²) in [6, 6.07) is 7.81. The predicted molar refractivity (Wildman–Crippen MR) is 77.2 cm³/mol. The second-order valence-corrected chi connectivity index (χ2v) is 4.76. The summed E-state index contributed by atoms with van der Waals surface area (Å²) in [4.78, 5) is 11.6. The van der Waals surface area contributed by atoms with Crippen molar-refractivity contribution in [2.24, 2.45) is 0 Å². The summed E-state index contributed by atoms with van der Waals surface area (Å²) in [6.07, 6.45) is 1.54. The number of rotatable bonds is 8. The van der Waals surface area contributed by atoms with Crippen LogP contribution in [0, 0.1) is 0 Å². The molecule has 0 unspecified atom stereocenters. The van der Waals surface area contributed by atoms with Crippen molar-refractivity contribution < 1.29 is 9.53 Å². The largest absolute Gasteiger partial charge is 0.491 e. The Bertz CT molecular complexity index is 391. The minimum Gasteiger partial charge on any atom is -0.491 e. The lowest BCUT2D eigenvalue weighted by Gasteiger charge is -2.14. The van der Waals surface area contributed by atoms with E-state index < -0.39 is 0 Å². The van der Waals surface area contributed by atoms with Gasteiger partial charge in [0.05, 0.1) is 6.10 Å². The van der Waals surface area contributed by atoms with E-state index in [0.29, 0.717) is 13.0 Å². The van der Waals surface area contributed by atoms with Crippen molar-refractivity contribution in [3.63, 3.8) is 0 Å². The van der Waals surface area contributed by atoms with Crippen molar-refractivity contribution in [1.29, 1.82) is 0 Å². The highest BCUT2D eigenvalue weighted by Crippen LogP contribution is 2.19. The Morgan fingerprint density at radius 1 is 1.32 bits per heavy atom. The number of hydrogen-bond acceptors (Lipinski definition) is 3. The van der Waals surface area contributed by atoms with E-state index in [0.717, 1.165) is 24.3 Å². The molecule has 4 heteroatoms. The molecule has 0 saturated heterocycles. The fourth-order valence-electron chi connectivity index (χ4n) is 1.73. The number of para-hydroxylation sites is 1. The Hall–Kier alpha value is -1.55. The van der Waals surface area contributed by atoms with Gasteiger partial charge in [0.15, 0.2) is 0 Å². The number of nitrogens with one attached hydrogen (secondary N) is 2. The van der Waals surface area contributed by atoms with Crippen LogP contribution >= 0.6 is 0 Å². The van der Waals surface area contributed by atoms with Crippen LogP contribution in [0.3, 0.4) is 0 Å². The molecule has 0 aliphatic rings. The molecule has 0 spiro atoms. The summed E-state index contributed by atoms with van der Waals surface area (Å²) in [5, 5.41) is 5.95. The standard InChI is InChI=1S/C15H24N2O2/c1-12(2)19-14-8-5-4-7-13(14)11-17-15(18)9-6-10-16-3/h4-5,7-8,12,16H,6,9-11H2,1-3H3,(H,17,18). The van der Waals surface area contributed by atoms with E-state index in [1.807, 2.05) is 45.2 Å². The van der Waals surface area contributed by atoms with E-state index in [-0.39, 0.29) is 12.0 Å². The Balaban J connectivity index is 2.46. The first-order valence-corrected chi connectivity index (χ1v) is 6.79. The average Bonchev–Trinajstić information content (AvgIpc) is 2.37. The fraction of sp³-hybridized carbons (Fsp3) is 0.533. The van der Waals surface area contributed by atoms with E-state index >= 15 is 0 Å². The van der Waals surface area contributed by atoms with Gasteiger partial charge in [0, 0.05) is 18.5 Å². The van der Waals surface area contributed by atoms with E-state index in [4.69, 9.17) is 4.74 Å². The second kappa shape index (κ2) is 8.53. The van der Waals surface area contributed by atoms with Crippen LogP contribution < -0.4 is 15.4 Å². The van der Waals surface area contributed by atoms with Crippen molar-refractivity contribution in [2.45, 2.75) is 39.3 Å². The summed E-state index contributed by atoms with van der Waals surface area (Å²) < 4.78 is 5.71. The summed E-state index contributed by atoms with van der Waals surface area (Å²) in [5.41, 5.74) is 1.01. The smallest absolute Gasteiger partial charge is 0.220 e. The van der Waals surface area contributed by atoms with E-state index in [9.17, 15) is 4.79 Å². The number of hydrogen-bond donors (Lipinski definition) is 2. The third-order valence-electron chi connectivity index (χ3n) is 2.64. The first kappa shape index (κ1) is 15.5. The van der Waals surface area contributed by atoms with Crippen molar-refractivity contribution in [2.75, 3.05) is 13.6 Å². The van der Waals surface area contributed by atoms with Gasteiger partial charge < -0.3 is 15.4 Å². The fourth-order valence-corrected chi connectivity index (χ4v) is 1.73. The third-order valence-corrected chi connectivity index (χ3v) is 2.64. The Morgan fingerprint density at radius 2 is 2.05 bits per heavy atom. The van der Waals surface area contributed by atoms with E-state index in [1.54, 1.807) is 0 Å². The molecular formula is C15H24N2O2. The van der Waals surface area contributed by atoms with Crippen molar-refractivity contribution in [3.05, 3.63) is 29.8 Å². The van der Waals surface area contributed by atoms with E-state index in [1.165, 1.54) is 0 Å². The van der Waals surface area contributed by atoms with Gasteiger partial charge in [-0.25, -0.2) is 0 Å². The lowest BCUT2D eigenvalue weighted by atomic mass is 10.2. The molecule has 0 aliphatic heterocycles. The quantitative estimate of drug-likeness (QED) is 0.707. The van der Waals surface area contributed by atoms with Crippen LogP contribution in [0.15, 0.2) is 24.3 Å². The van der Waals surface area contributed by atoms with Gasteiger partial charge in [-0.2, -0.15) is 0 Å². The maximum atomic E-state index is 11.6. The second-order valence-electron chi connectivity index (χ2n) is 4.76. The van der Waals surface area contributed by atoms with Crippen molar-refractivity contribution >= 4 is 5.91 Å². The molecule has 1 aromatic carbocycles. The summed E-state index contributed by atoms with van der Waals surface area (Å²) in [5.74, 6) is 0.919. The molecule has 1 aromatic rings. The maximum absolute atomic E-state index is 11.6. The molecular weight excluding hydrogens is 240 g/mol. The highest BCUT2D eigenvalue weighted by molar-refractivity contribution is 5.75. The van der Waals surface area contributed by atoms with Gasteiger partial charge in [0.1, 0.15) is 5.75 Å². The van der Waals surface area contributed by atoms with Crippen LogP contribution in [0.25, 0.3) is 0 Å². The average molecular weight is 264 g/mol. The molecule has 2 N–H and O–H groups in total. The third kappa shape index (κ3) is 6.25. The normalized spacial score (nSPS) is 10.5. The molecule has 19 heavy (non-hydrogen) atoms. The SMILES string of the molecule is CNCCCC(=O)NCc1ccccc1OC(C)C. The highest BCUT2D eigenvalue weighted by Gasteiger charge is 2.06. The molecule has 0 aliphatic carbocycles. The van der Waals surface area contributed by atoms with Crippen LogP contribution in [-0.2, 0) is 11.3 Å². The monoisotopic (exact) mass is 264 g/mol. The zero-order valence-corrected chi connectivity index (χ0v) is 12.0. The van der Waals surface area contributed by atoms with Gasteiger partial charge in [-0.15, -0.1) is 0 Å². The molecule has 106 valence electrons. The molecule has 1 amide bonds. The van der Waals surface area contributed by atoms with Gasteiger partial charge in [-0.05, 0) is 39.9 Å². The van der Waals surface area contributed by atoms with Crippen molar-refractivity contribution in [3.8, 4) is 5.75 Å². The van der Waals surface area contributed by atoms with E-state index in [2.05, 4.69) is 10.6 Å². The Kier molecular flexibility index (Phi) is 6.97. The minimum atomic E-state index is 0.0783. The first-order chi connectivity index (χ1) is 9.13. The number of benzene rings is 1. The predicted octanol–water partition coefficient (Wildman–Crippen LogP) is 2.09. The lowest BCUT2D eigenvalue weighted by Crippen LogP contribution is -2.24. The highest BCUT2D eigenvalue weighted by atomic mass is 16.5. The van der Waals surface area contributed by atoms with Crippen LogP contribution in [0.5, 0.6) is 5.75 Å². The molecule has 0 atom stereocenters. The van der Waals surface area contributed by atoms with Gasteiger partial charge in [0.25, 0.3) is 0 Å². The minimum absolute atomic E-state index is 0.0783. The molecule has 1 rings (SSSR count). The van der Waals surface area contributed by atoms with Gasteiger partial charge >= 0.3 is 0 Å². The summed E-state index contributed by atoms with van der Waals surface area (Å²) >= 11 is 0. The van der Waals surface area contributed by atoms with Crippen LogP contribution in [-0.4, -0.2) is 25.6 Å². The van der Waals surface area contributed by atoms with Gasteiger partial charge in [0.2, 0.25) is 5.91 Å². The van der Waals surface area contributed by atoms with Gasteiger partial charge in [-0.3, -0.25) is 4.79 Å². The Morgan fingerprint density at radius 3 is 2.74 bits per heavy atom. The number of carbonyl (C=O) groups is 1. The Labute approximate surface area is 115 Å². The molecule has 0 saturated carbocycles. The van der Waals surface area contributed by atoms with Crippen LogP contribution in [0.2, 0.25) is 0 Å². The van der Waals surface area contributed by atoms with Crippen LogP contribution in [0.4, 0.5) is 0 Å². The number of ether oxygens (including phenoxy) is 1. The zero-order valence-electron chi connectivity index (χ0n) is 12.0. The molecule has 0 radical (unpaired) electrons. The maximum Gasteiger partial charge on any atom is 0.220 e. The van der Waals surface area contributed by atoms with Crippen LogP contribution in [0.1, 0.15) is 32.3 Å². The summed E-state index contributed by atoms with van der Waals surface area (Å²) in [7, 11) is 1.89. The first-order valence-electron chi connectivity index (χ1n) is 6.79. The zero-order chi connectivity index (χ0) is 14.1.